The molecule has 2 aromatic carbocycles. The van der Waals surface area contributed by atoms with Gasteiger partial charge in [0.2, 0.25) is 0 Å². The highest BCUT2D eigenvalue weighted by molar-refractivity contribution is 7.96. The molecule has 6 aliphatic carbocycles. The quantitative estimate of drug-likeness (QED) is 0.615. The molecule has 0 amide bonds. The van der Waals surface area contributed by atoms with Crippen molar-refractivity contribution >= 4 is 19.7 Å². The van der Waals surface area contributed by atoms with Gasteiger partial charge in [-0.1, -0.05) is 48.6 Å². The summed E-state index contributed by atoms with van der Waals surface area (Å²) in [6, 6.07) is 17.1. The Kier molecular flexibility index (Phi) is 3.23. The highest BCUT2D eigenvalue weighted by Gasteiger charge is 2.96. The zero-order valence-corrected chi connectivity index (χ0v) is 19.8. The fourth-order valence-electron chi connectivity index (χ4n) is 9.91. The van der Waals surface area contributed by atoms with E-state index in [0.717, 1.165) is 12.8 Å². The predicted molar refractivity (Wildman–Crippen MR) is 124 cm³/mol. The number of fused-ring (bicyclic) bond motifs is 2. The number of hydrogen-bond donors (Lipinski definition) is 0. The molecule has 0 radical (unpaired) electrons. The van der Waals surface area contributed by atoms with Crippen LogP contribution in [0.4, 0.5) is 0 Å². The van der Waals surface area contributed by atoms with Crippen LogP contribution in [-0.4, -0.2) is 27.3 Å². The molecule has 2 aromatic rings. The van der Waals surface area contributed by atoms with Gasteiger partial charge in [0, 0.05) is 0 Å². The number of sulfone groups is 2. The summed E-state index contributed by atoms with van der Waals surface area (Å²) >= 11 is 0. The van der Waals surface area contributed by atoms with E-state index in [2.05, 4.69) is 12.2 Å². The molecule has 4 bridgehead atoms. The largest absolute Gasteiger partial charge is 0.223 e. The minimum atomic E-state index is -3.80. The van der Waals surface area contributed by atoms with Crippen molar-refractivity contribution in [2.45, 2.75) is 46.0 Å². The van der Waals surface area contributed by atoms with Crippen LogP contribution in [0.5, 0.6) is 0 Å². The van der Waals surface area contributed by atoms with Gasteiger partial charge in [-0.05, 0) is 89.9 Å². The molecule has 170 valence electrons. The smallest absolute Gasteiger partial charge is 0.182 e. The van der Waals surface area contributed by atoms with E-state index in [1.807, 2.05) is 0 Å². The molecule has 0 heterocycles. The molecular formula is C27H26O4S2. The van der Waals surface area contributed by atoms with Crippen molar-refractivity contribution in [3.05, 3.63) is 72.8 Å². The van der Waals surface area contributed by atoms with Crippen LogP contribution >= 0.6 is 0 Å². The van der Waals surface area contributed by atoms with Crippen LogP contribution in [0.2, 0.25) is 0 Å². The van der Waals surface area contributed by atoms with Gasteiger partial charge in [0.1, 0.15) is 0 Å². The van der Waals surface area contributed by atoms with Gasteiger partial charge in [0.15, 0.2) is 19.7 Å². The summed E-state index contributed by atoms with van der Waals surface area (Å²) in [5.74, 6) is 0.736. The lowest BCUT2D eigenvalue weighted by molar-refractivity contribution is 0.209. The highest BCUT2D eigenvalue weighted by Crippen LogP contribution is 2.99. The first kappa shape index (κ1) is 19.4. The van der Waals surface area contributed by atoms with Crippen molar-refractivity contribution in [2.75, 3.05) is 0 Å². The Hall–Kier alpha value is -1.92. The van der Waals surface area contributed by atoms with Crippen LogP contribution in [0.1, 0.15) is 25.7 Å². The fourth-order valence-corrected chi connectivity index (χ4v) is 15.2. The molecule has 5 saturated carbocycles. The predicted octanol–water partition coefficient (Wildman–Crippen LogP) is 4.29. The Morgan fingerprint density at radius 2 is 1.06 bits per heavy atom. The Morgan fingerprint density at radius 3 is 1.45 bits per heavy atom. The molecule has 8 rings (SSSR count). The Bertz CT molecular complexity index is 1340. The van der Waals surface area contributed by atoms with Crippen molar-refractivity contribution in [3.8, 4) is 0 Å². The number of benzene rings is 2. The lowest BCUT2D eigenvalue weighted by Crippen LogP contribution is -2.50. The molecule has 1 spiro atoms. The number of allylic oxidation sites excluding steroid dienone is 2. The van der Waals surface area contributed by atoms with Crippen molar-refractivity contribution in [1.29, 1.82) is 0 Å². The van der Waals surface area contributed by atoms with Gasteiger partial charge < -0.3 is 0 Å². The molecule has 5 fully saturated rings. The van der Waals surface area contributed by atoms with Crippen molar-refractivity contribution in [3.63, 3.8) is 0 Å². The summed E-state index contributed by atoms with van der Waals surface area (Å²) in [5, 5.41) is -1.73. The number of hydrogen-bond acceptors (Lipinski definition) is 4. The van der Waals surface area contributed by atoms with Crippen LogP contribution in [0.3, 0.4) is 0 Å². The minimum Gasteiger partial charge on any atom is -0.223 e. The van der Waals surface area contributed by atoms with Gasteiger partial charge in [0.05, 0.1) is 20.3 Å². The molecule has 0 aliphatic heterocycles. The third-order valence-electron chi connectivity index (χ3n) is 10.8. The molecule has 6 aliphatic rings. The first-order chi connectivity index (χ1) is 15.8. The second kappa shape index (κ2) is 5.49. The summed E-state index contributed by atoms with van der Waals surface area (Å²) in [4.78, 5) is 0.525. The molecule has 0 aromatic heterocycles. The van der Waals surface area contributed by atoms with Crippen molar-refractivity contribution in [2.24, 2.45) is 39.9 Å². The van der Waals surface area contributed by atoms with E-state index >= 15 is 0 Å². The van der Waals surface area contributed by atoms with Gasteiger partial charge in [-0.3, -0.25) is 0 Å². The third-order valence-corrected chi connectivity index (χ3v) is 15.5. The third kappa shape index (κ3) is 1.85. The topological polar surface area (TPSA) is 68.3 Å². The van der Waals surface area contributed by atoms with E-state index < -0.39 is 30.2 Å². The monoisotopic (exact) mass is 478 g/mol. The minimum absolute atomic E-state index is 0.00279. The lowest BCUT2D eigenvalue weighted by atomic mass is 9.73. The molecule has 4 nitrogen and oxygen atoms in total. The van der Waals surface area contributed by atoms with E-state index in [9.17, 15) is 16.8 Å². The van der Waals surface area contributed by atoms with Crippen LogP contribution in [0, 0.1) is 39.9 Å². The Labute approximate surface area is 194 Å². The average molecular weight is 479 g/mol. The van der Waals surface area contributed by atoms with E-state index in [4.69, 9.17) is 0 Å². The highest BCUT2D eigenvalue weighted by atomic mass is 32.2. The lowest BCUT2D eigenvalue weighted by Gasteiger charge is -2.40. The summed E-state index contributed by atoms with van der Waals surface area (Å²) in [6.07, 6.45) is 8.95. The molecule has 0 N–H and O–H groups in total. The summed E-state index contributed by atoms with van der Waals surface area (Å²) in [6.45, 7) is 0. The zero-order valence-electron chi connectivity index (χ0n) is 18.2. The van der Waals surface area contributed by atoms with Crippen LogP contribution in [0.15, 0.2) is 82.6 Å². The Morgan fingerprint density at radius 1 is 0.636 bits per heavy atom. The Balaban J connectivity index is 1.35. The SMILES string of the molecule is O=S(=O)(c1ccccc1)[C@@H]1[C@H](S(=O)(=O)c2ccccc2)[C@@H]2C[C@H]1[C@@]13C[C@@]21[C@H]1C=C[C@@H]3C12CC2. The van der Waals surface area contributed by atoms with Crippen molar-refractivity contribution in [1.82, 2.24) is 0 Å². The second-order valence-electron chi connectivity index (χ2n) is 11.4. The summed E-state index contributed by atoms with van der Waals surface area (Å²) in [5.41, 5.74) is 0.313. The standard InChI is InChI=1S/C27H26O4S2/c28-32(29,17-7-3-1-4-8-17)23-19-15-20(24(23)33(30,31)18-9-5-2-6-10-18)27-16-26(19,27)21-11-12-22(27)25(21)13-14-25/h1-12,19-24H,13-16H2/t19-,20+,21-,22+,23+,24-,26-,27+. The normalized spacial score (nSPS) is 44.7. The molecule has 0 saturated heterocycles. The molecule has 6 heteroatoms. The van der Waals surface area contributed by atoms with E-state index in [1.54, 1.807) is 60.7 Å². The average Bonchev–Trinajstić information content (AvgIpc) is 3.61. The molecule has 8 atom stereocenters. The van der Waals surface area contributed by atoms with Gasteiger partial charge in [-0.2, -0.15) is 0 Å². The molecule has 33 heavy (non-hydrogen) atoms. The summed E-state index contributed by atoms with van der Waals surface area (Å²) in [7, 11) is -7.60. The summed E-state index contributed by atoms with van der Waals surface area (Å²) < 4.78 is 56.6. The van der Waals surface area contributed by atoms with Crippen molar-refractivity contribution < 1.29 is 16.8 Å². The molecule has 0 unspecified atom stereocenters. The van der Waals surface area contributed by atoms with Crippen LogP contribution < -0.4 is 0 Å². The molecular weight excluding hydrogens is 452 g/mol. The maximum atomic E-state index is 14.2. The van der Waals surface area contributed by atoms with E-state index in [0.29, 0.717) is 17.3 Å². The van der Waals surface area contributed by atoms with Gasteiger partial charge >= 0.3 is 0 Å². The van der Waals surface area contributed by atoms with Gasteiger partial charge in [-0.25, -0.2) is 16.8 Å². The maximum absolute atomic E-state index is 14.2. The van der Waals surface area contributed by atoms with Gasteiger partial charge in [0.25, 0.3) is 0 Å². The fraction of sp³-hybridized carbons (Fsp3) is 0.481. The number of rotatable bonds is 4. The van der Waals surface area contributed by atoms with Crippen LogP contribution in [0.25, 0.3) is 0 Å². The van der Waals surface area contributed by atoms with E-state index in [-0.39, 0.29) is 32.5 Å². The second-order valence-corrected chi connectivity index (χ2v) is 15.6. The van der Waals surface area contributed by atoms with E-state index in [1.165, 1.54) is 12.8 Å². The van der Waals surface area contributed by atoms with Crippen LogP contribution in [-0.2, 0) is 19.7 Å². The maximum Gasteiger partial charge on any atom is 0.182 e. The first-order valence-corrected chi connectivity index (χ1v) is 15.2. The zero-order chi connectivity index (χ0) is 22.4. The first-order valence-electron chi connectivity index (χ1n) is 12.1. The van der Waals surface area contributed by atoms with Gasteiger partial charge in [-0.15, -0.1) is 0 Å².